The number of likely N-dealkylation sites (N-methyl/N-ethyl adjacent to an activating group) is 1. The Morgan fingerprint density at radius 3 is 0.859 bits per heavy atom. The summed E-state index contributed by atoms with van der Waals surface area (Å²) in [7, 11) is 1.50. The molecule has 0 aliphatic heterocycles. The predicted molar refractivity (Wildman–Crippen MR) is 432 cm³/mol. The van der Waals surface area contributed by atoms with Gasteiger partial charge >= 0.3 is 19.8 Å². The highest BCUT2D eigenvalue weighted by atomic mass is 31.2. The van der Waals surface area contributed by atoms with Crippen LogP contribution in [-0.4, -0.2) is 74.9 Å². The molecule has 9 nitrogen and oxygen atoms in total. The van der Waals surface area contributed by atoms with Crippen LogP contribution in [0.3, 0.4) is 0 Å². The van der Waals surface area contributed by atoms with Gasteiger partial charge in [0.2, 0.25) is 0 Å². The molecule has 0 rings (SSSR count). The second-order valence-electron chi connectivity index (χ2n) is 30.6. The standard InChI is InChI=1S/C89H166NO8P/c1-6-8-10-12-14-16-18-20-22-24-26-28-30-32-34-36-38-40-42-44-45-46-48-50-52-54-56-58-60-62-64-66-68-70-72-74-76-78-80-82-89(92)98-87(86-97-99(93,94)96-84-83-90(3,4)5)85-95-88(91)81-79-77-75-73-71-69-67-65-63-61-59-57-55-53-51-49-47-43-41-39-37-35-33-31-29-27-25-23-21-19-17-15-13-11-9-7-2/h8,10,14,16,20,22,26,28,32,34,38,40,87H,6-7,9,11-13,15,17-19,21,23-25,27,29-31,33,35-37,39,41-86H2,1-5H3/p+1/b10-8-,16-14-,22-20-,28-26-,34-32-,40-38-. The Hall–Kier alpha value is -2.55. The van der Waals surface area contributed by atoms with E-state index in [1.54, 1.807) is 0 Å². The Bertz CT molecular complexity index is 1900. The molecule has 99 heavy (non-hydrogen) atoms. The summed E-state index contributed by atoms with van der Waals surface area (Å²) in [5.74, 6) is -0.773. The number of hydrogen-bond acceptors (Lipinski definition) is 7. The summed E-state index contributed by atoms with van der Waals surface area (Å²) < 4.78 is 34.9. The van der Waals surface area contributed by atoms with Crippen molar-refractivity contribution in [2.45, 2.75) is 437 Å². The fourth-order valence-corrected chi connectivity index (χ4v) is 13.7. The van der Waals surface area contributed by atoms with Crippen LogP contribution in [0.15, 0.2) is 72.9 Å². The van der Waals surface area contributed by atoms with Crippen LogP contribution in [-0.2, 0) is 32.7 Å². The largest absolute Gasteiger partial charge is 0.472 e. The van der Waals surface area contributed by atoms with E-state index in [-0.39, 0.29) is 25.6 Å². The van der Waals surface area contributed by atoms with E-state index in [9.17, 15) is 19.0 Å². The van der Waals surface area contributed by atoms with Crippen LogP contribution in [0, 0.1) is 0 Å². The van der Waals surface area contributed by atoms with E-state index < -0.39 is 26.5 Å². The first kappa shape index (κ1) is 96.4. The van der Waals surface area contributed by atoms with Gasteiger partial charge in [0.25, 0.3) is 0 Å². The Labute approximate surface area is 616 Å². The van der Waals surface area contributed by atoms with Gasteiger partial charge in [-0.2, -0.15) is 0 Å². The normalized spacial score (nSPS) is 13.3. The summed E-state index contributed by atoms with van der Waals surface area (Å²) in [6, 6.07) is 0. The van der Waals surface area contributed by atoms with Crippen LogP contribution in [0.4, 0.5) is 0 Å². The first-order valence-corrected chi connectivity index (χ1v) is 44.7. The van der Waals surface area contributed by atoms with Crippen molar-refractivity contribution in [3.05, 3.63) is 72.9 Å². The number of carbonyl (C=O) groups excluding carboxylic acids is 2. The van der Waals surface area contributed by atoms with Gasteiger partial charge in [0, 0.05) is 12.8 Å². The number of allylic oxidation sites excluding steroid dienone is 12. The number of phosphoric ester groups is 1. The topological polar surface area (TPSA) is 108 Å². The van der Waals surface area contributed by atoms with Crippen LogP contribution in [0.25, 0.3) is 0 Å². The Morgan fingerprint density at radius 1 is 0.323 bits per heavy atom. The zero-order valence-corrected chi connectivity index (χ0v) is 67.4. The van der Waals surface area contributed by atoms with Crippen molar-refractivity contribution in [2.24, 2.45) is 0 Å². The first-order chi connectivity index (χ1) is 48.5. The first-order valence-electron chi connectivity index (χ1n) is 43.2. The average Bonchev–Trinajstić information content (AvgIpc) is 0.989. The van der Waals surface area contributed by atoms with Gasteiger partial charge in [-0.3, -0.25) is 18.6 Å². The molecule has 0 aromatic rings. The lowest BCUT2D eigenvalue weighted by atomic mass is 10.0. The fourth-order valence-electron chi connectivity index (χ4n) is 13.0. The van der Waals surface area contributed by atoms with E-state index in [0.717, 1.165) is 70.6 Å². The molecule has 0 bridgehead atoms. The second-order valence-corrected chi connectivity index (χ2v) is 32.0. The number of quaternary nitrogens is 1. The number of unbranched alkanes of at least 4 members (excludes halogenated alkanes) is 55. The van der Waals surface area contributed by atoms with Gasteiger partial charge in [0.05, 0.1) is 27.7 Å². The summed E-state index contributed by atoms with van der Waals surface area (Å²) in [5, 5.41) is 0. The quantitative estimate of drug-likeness (QED) is 0.0211. The van der Waals surface area contributed by atoms with Crippen LogP contribution in [0.5, 0.6) is 0 Å². The van der Waals surface area contributed by atoms with Gasteiger partial charge in [-0.15, -0.1) is 0 Å². The highest BCUT2D eigenvalue weighted by molar-refractivity contribution is 7.47. The monoisotopic (exact) mass is 1410 g/mol. The lowest BCUT2D eigenvalue weighted by Crippen LogP contribution is -2.37. The van der Waals surface area contributed by atoms with Crippen molar-refractivity contribution in [2.75, 3.05) is 47.5 Å². The molecule has 0 aromatic heterocycles. The molecule has 0 saturated heterocycles. The number of phosphoric acid groups is 1. The van der Waals surface area contributed by atoms with Crippen molar-refractivity contribution in [3.63, 3.8) is 0 Å². The van der Waals surface area contributed by atoms with Crippen molar-refractivity contribution in [1.29, 1.82) is 0 Å². The maximum Gasteiger partial charge on any atom is 0.472 e. The van der Waals surface area contributed by atoms with E-state index in [4.69, 9.17) is 18.5 Å². The predicted octanol–water partition coefficient (Wildman–Crippen LogP) is 29.0. The van der Waals surface area contributed by atoms with Crippen LogP contribution >= 0.6 is 7.82 Å². The van der Waals surface area contributed by atoms with E-state index in [2.05, 4.69) is 86.8 Å². The molecule has 0 amide bonds. The van der Waals surface area contributed by atoms with Crippen LogP contribution in [0.2, 0.25) is 0 Å². The Balaban J connectivity index is 3.88. The number of rotatable bonds is 81. The molecule has 0 aliphatic carbocycles. The minimum atomic E-state index is -4.40. The van der Waals surface area contributed by atoms with Crippen LogP contribution in [0.1, 0.15) is 431 Å². The molecule has 0 radical (unpaired) electrons. The lowest BCUT2D eigenvalue weighted by molar-refractivity contribution is -0.870. The van der Waals surface area contributed by atoms with Gasteiger partial charge in [-0.25, -0.2) is 4.57 Å². The number of ether oxygens (including phenoxy) is 2. The Morgan fingerprint density at radius 2 is 0.576 bits per heavy atom. The molecule has 0 fully saturated rings. The molecule has 580 valence electrons. The minimum absolute atomic E-state index is 0.0338. The molecule has 1 N–H and O–H groups in total. The van der Waals surface area contributed by atoms with Gasteiger partial charge < -0.3 is 18.9 Å². The maximum absolute atomic E-state index is 12.9. The molecular weight excluding hydrogens is 1240 g/mol. The molecular formula is C89H167NO8P+. The molecule has 0 aliphatic rings. The molecule has 2 atom stereocenters. The molecule has 10 heteroatoms. The smallest absolute Gasteiger partial charge is 0.462 e. The van der Waals surface area contributed by atoms with Crippen molar-refractivity contribution in [1.82, 2.24) is 0 Å². The van der Waals surface area contributed by atoms with Gasteiger partial charge in [0.1, 0.15) is 19.8 Å². The maximum atomic E-state index is 12.9. The van der Waals surface area contributed by atoms with Crippen molar-refractivity contribution >= 4 is 19.8 Å². The average molecular weight is 1410 g/mol. The third-order valence-corrected chi connectivity index (χ3v) is 20.5. The highest BCUT2D eigenvalue weighted by Gasteiger charge is 2.27. The van der Waals surface area contributed by atoms with Gasteiger partial charge in [-0.05, 0) is 64.2 Å². The third kappa shape index (κ3) is 84.3. The van der Waals surface area contributed by atoms with E-state index in [1.807, 2.05) is 21.1 Å². The number of nitrogens with zero attached hydrogens (tertiary/aromatic N) is 1. The zero-order chi connectivity index (χ0) is 71.8. The van der Waals surface area contributed by atoms with E-state index in [0.29, 0.717) is 23.9 Å². The summed E-state index contributed by atoms with van der Waals surface area (Å²) in [6.45, 7) is 4.40. The molecule has 0 heterocycles. The minimum Gasteiger partial charge on any atom is -0.462 e. The highest BCUT2D eigenvalue weighted by Crippen LogP contribution is 2.43. The van der Waals surface area contributed by atoms with Gasteiger partial charge in [0.15, 0.2) is 6.10 Å². The Kier molecular flexibility index (Phi) is 77.5. The SMILES string of the molecule is CC/C=C\C/C=C\C/C=C\C/C=C\C/C=C\C/C=C\CCCCCCCCCCCCCCCCCCCCCCC(=O)OC(COC(=O)CCCCCCCCCCCCCCCCCCCCCCCCCCCCCCCCCCCCCC)COP(=O)(O)OCC[N+](C)(C)C. The molecule has 0 saturated carbocycles. The number of carbonyl (C=O) groups is 2. The molecule has 2 unspecified atom stereocenters. The van der Waals surface area contributed by atoms with E-state index >= 15 is 0 Å². The van der Waals surface area contributed by atoms with Crippen LogP contribution < -0.4 is 0 Å². The summed E-state index contributed by atoms with van der Waals surface area (Å²) in [6.07, 6.45) is 109. The fraction of sp³-hybridized carbons (Fsp3) is 0.843. The molecule has 0 aromatic carbocycles. The van der Waals surface area contributed by atoms with Gasteiger partial charge in [-0.1, -0.05) is 427 Å². The lowest BCUT2D eigenvalue weighted by Gasteiger charge is -2.24. The summed E-state index contributed by atoms with van der Waals surface area (Å²) >= 11 is 0. The molecule has 0 spiro atoms. The number of hydrogen-bond donors (Lipinski definition) is 1. The second kappa shape index (κ2) is 79.6. The zero-order valence-electron chi connectivity index (χ0n) is 66.5. The summed E-state index contributed by atoms with van der Waals surface area (Å²) in [4.78, 5) is 36.0. The van der Waals surface area contributed by atoms with Crippen molar-refractivity contribution in [3.8, 4) is 0 Å². The summed E-state index contributed by atoms with van der Waals surface area (Å²) in [5.41, 5.74) is 0. The van der Waals surface area contributed by atoms with Crippen molar-refractivity contribution < 1.29 is 42.1 Å². The van der Waals surface area contributed by atoms with E-state index in [1.165, 1.54) is 327 Å². The number of esters is 2. The third-order valence-electron chi connectivity index (χ3n) is 19.5.